The highest BCUT2D eigenvalue weighted by atomic mass is 16.1. The number of Topliss-reactive ketones (excluding diaryl/α,β-unsaturated/α-hetero) is 1. The third kappa shape index (κ3) is 2.14. The molecule has 23 heavy (non-hydrogen) atoms. The fraction of sp³-hybridized carbons (Fsp3) is 0.864. The zero-order chi connectivity index (χ0) is 16.4. The van der Waals surface area contributed by atoms with Gasteiger partial charge in [0.1, 0.15) is 5.78 Å². The molecular formula is C22H34O. The van der Waals surface area contributed by atoms with E-state index >= 15 is 0 Å². The molecule has 4 rings (SSSR count). The normalized spacial score (nSPS) is 52.2. The summed E-state index contributed by atoms with van der Waals surface area (Å²) in [6, 6.07) is 0. The van der Waals surface area contributed by atoms with Crippen LogP contribution in [0.5, 0.6) is 0 Å². The Labute approximate surface area is 142 Å². The van der Waals surface area contributed by atoms with Crippen LogP contribution in [0.15, 0.2) is 11.6 Å². The molecule has 0 heterocycles. The van der Waals surface area contributed by atoms with Gasteiger partial charge in [-0.2, -0.15) is 0 Å². The molecule has 0 N–H and O–H groups in total. The minimum Gasteiger partial charge on any atom is -0.300 e. The van der Waals surface area contributed by atoms with Crippen LogP contribution in [-0.4, -0.2) is 5.78 Å². The smallest absolute Gasteiger partial charge is 0.133 e. The summed E-state index contributed by atoms with van der Waals surface area (Å²) in [5.74, 6) is 4.22. The Hall–Kier alpha value is -0.590. The van der Waals surface area contributed by atoms with Crippen molar-refractivity contribution in [2.45, 2.75) is 79.1 Å². The van der Waals surface area contributed by atoms with E-state index in [1.165, 1.54) is 44.9 Å². The molecule has 1 heteroatoms. The minimum atomic E-state index is 0.302. The molecule has 3 saturated carbocycles. The molecule has 7 atom stereocenters. The van der Waals surface area contributed by atoms with E-state index in [1.54, 1.807) is 5.57 Å². The lowest BCUT2D eigenvalue weighted by Crippen LogP contribution is -2.50. The van der Waals surface area contributed by atoms with Crippen LogP contribution in [0.1, 0.15) is 79.1 Å². The molecule has 1 nitrogen and oxygen atoms in total. The van der Waals surface area contributed by atoms with Gasteiger partial charge in [0.05, 0.1) is 0 Å². The topological polar surface area (TPSA) is 17.1 Å². The predicted octanol–water partition coefficient (Wildman–Crippen LogP) is 5.79. The van der Waals surface area contributed by atoms with Crippen molar-refractivity contribution in [2.24, 2.45) is 40.4 Å². The van der Waals surface area contributed by atoms with Crippen LogP contribution < -0.4 is 0 Å². The first-order valence-electron chi connectivity index (χ1n) is 10.1. The largest absolute Gasteiger partial charge is 0.300 e. The van der Waals surface area contributed by atoms with Crippen molar-refractivity contribution in [3.8, 4) is 0 Å². The van der Waals surface area contributed by atoms with E-state index in [0.29, 0.717) is 22.5 Å². The van der Waals surface area contributed by atoms with Crippen LogP contribution in [-0.2, 0) is 4.79 Å². The molecule has 0 aromatic heterocycles. The summed E-state index contributed by atoms with van der Waals surface area (Å²) < 4.78 is 0. The number of carbonyl (C=O) groups excluding carboxylic acids is 1. The molecule has 0 aromatic carbocycles. The van der Waals surface area contributed by atoms with Gasteiger partial charge in [-0.3, -0.25) is 4.79 Å². The summed E-state index contributed by atoms with van der Waals surface area (Å²) in [5, 5.41) is 0. The fourth-order valence-electron chi connectivity index (χ4n) is 7.51. The first-order valence-corrected chi connectivity index (χ1v) is 10.1. The molecule has 0 amide bonds. The first kappa shape index (κ1) is 15.9. The molecule has 0 aromatic rings. The van der Waals surface area contributed by atoms with Gasteiger partial charge in [0.2, 0.25) is 0 Å². The maximum Gasteiger partial charge on any atom is 0.133 e. The number of hydrogen-bond acceptors (Lipinski definition) is 1. The Morgan fingerprint density at radius 2 is 1.87 bits per heavy atom. The van der Waals surface area contributed by atoms with Gasteiger partial charge in [0, 0.05) is 5.92 Å². The molecular weight excluding hydrogens is 280 g/mol. The molecule has 0 aliphatic heterocycles. The van der Waals surface area contributed by atoms with Crippen molar-refractivity contribution in [1.29, 1.82) is 0 Å². The molecule has 0 radical (unpaired) electrons. The van der Waals surface area contributed by atoms with Crippen molar-refractivity contribution in [2.75, 3.05) is 0 Å². The lowest BCUT2D eigenvalue weighted by Gasteiger charge is -2.58. The third-order valence-corrected chi connectivity index (χ3v) is 8.84. The maximum atomic E-state index is 12.2. The van der Waals surface area contributed by atoms with E-state index < -0.39 is 0 Å². The number of hydrogen-bond donors (Lipinski definition) is 0. The third-order valence-electron chi connectivity index (χ3n) is 8.84. The Morgan fingerprint density at radius 1 is 1.09 bits per heavy atom. The second-order valence-electron chi connectivity index (χ2n) is 9.89. The second kappa shape index (κ2) is 5.20. The summed E-state index contributed by atoms with van der Waals surface area (Å²) in [6.07, 6.45) is 13.2. The number of fused-ring (bicyclic) bond motifs is 5. The van der Waals surface area contributed by atoms with E-state index in [0.717, 1.165) is 30.1 Å². The number of allylic oxidation sites excluding steroid dienone is 2. The molecule has 0 bridgehead atoms. The van der Waals surface area contributed by atoms with Crippen LogP contribution >= 0.6 is 0 Å². The molecule has 3 fully saturated rings. The number of carbonyl (C=O) groups is 1. The summed E-state index contributed by atoms with van der Waals surface area (Å²) in [7, 11) is 0. The fourth-order valence-corrected chi connectivity index (χ4v) is 7.51. The van der Waals surface area contributed by atoms with E-state index in [4.69, 9.17) is 0 Å². The van der Waals surface area contributed by atoms with Gasteiger partial charge >= 0.3 is 0 Å². The van der Waals surface area contributed by atoms with Crippen molar-refractivity contribution in [1.82, 2.24) is 0 Å². The Kier molecular flexibility index (Phi) is 3.60. The van der Waals surface area contributed by atoms with E-state index in [1.807, 2.05) is 6.92 Å². The standard InChI is InChI=1S/C22H34O/c1-14-9-11-21(3)16(13-14)5-6-17-19-8-7-18(15(2)23)22(19,4)12-10-20(17)21/h5,14,17-20H,6-13H2,1-4H3/t14-,17?,18+,19?,20?,21-,22+/m0/s1. The highest BCUT2D eigenvalue weighted by Gasteiger charge is 2.59. The van der Waals surface area contributed by atoms with Crippen LogP contribution in [0.3, 0.4) is 0 Å². The van der Waals surface area contributed by atoms with Crippen LogP contribution in [0.25, 0.3) is 0 Å². The first-order chi connectivity index (χ1) is 10.9. The molecule has 3 unspecified atom stereocenters. The summed E-state index contributed by atoms with van der Waals surface area (Å²) in [6.45, 7) is 9.31. The molecule has 4 aliphatic rings. The van der Waals surface area contributed by atoms with E-state index in [-0.39, 0.29) is 0 Å². The lowest BCUT2D eigenvalue weighted by molar-refractivity contribution is -0.127. The molecule has 128 valence electrons. The quantitative estimate of drug-likeness (QED) is 0.560. The van der Waals surface area contributed by atoms with Crippen molar-refractivity contribution >= 4 is 5.78 Å². The van der Waals surface area contributed by atoms with Gasteiger partial charge in [-0.15, -0.1) is 0 Å². The van der Waals surface area contributed by atoms with E-state index in [2.05, 4.69) is 26.8 Å². The van der Waals surface area contributed by atoms with Gasteiger partial charge in [-0.05, 0) is 92.8 Å². The van der Waals surface area contributed by atoms with Gasteiger partial charge in [-0.1, -0.05) is 32.4 Å². The van der Waals surface area contributed by atoms with Gasteiger partial charge < -0.3 is 0 Å². The Balaban J connectivity index is 1.66. The summed E-state index contributed by atoms with van der Waals surface area (Å²) in [4.78, 5) is 12.2. The SMILES string of the molecule is CC(=O)[C@H]1CCC2C3CC=C4C[C@@H](C)CC[C@]4(C)C3CC[C@@]21C. The summed E-state index contributed by atoms with van der Waals surface area (Å²) >= 11 is 0. The van der Waals surface area contributed by atoms with Crippen LogP contribution in [0.4, 0.5) is 0 Å². The van der Waals surface area contributed by atoms with Crippen LogP contribution in [0, 0.1) is 40.4 Å². The van der Waals surface area contributed by atoms with Gasteiger partial charge in [0.25, 0.3) is 0 Å². The predicted molar refractivity (Wildman–Crippen MR) is 95.0 cm³/mol. The monoisotopic (exact) mass is 314 g/mol. The van der Waals surface area contributed by atoms with Crippen LogP contribution in [0.2, 0.25) is 0 Å². The number of rotatable bonds is 1. The molecule has 0 saturated heterocycles. The van der Waals surface area contributed by atoms with Gasteiger partial charge in [-0.25, -0.2) is 0 Å². The number of ketones is 1. The average Bonchev–Trinajstić information content (AvgIpc) is 2.85. The zero-order valence-corrected chi connectivity index (χ0v) is 15.5. The average molecular weight is 315 g/mol. The highest BCUT2D eigenvalue weighted by Crippen LogP contribution is 2.66. The Bertz CT molecular complexity index is 546. The highest BCUT2D eigenvalue weighted by molar-refractivity contribution is 5.79. The minimum absolute atomic E-state index is 0.302. The van der Waals surface area contributed by atoms with Gasteiger partial charge in [0.15, 0.2) is 0 Å². The second-order valence-corrected chi connectivity index (χ2v) is 9.89. The van der Waals surface area contributed by atoms with Crippen molar-refractivity contribution in [3.05, 3.63) is 11.6 Å². The summed E-state index contributed by atoms with van der Waals surface area (Å²) in [5.41, 5.74) is 2.57. The van der Waals surface area contributed by atoms with Crippen molar-refractivity contribution < 1.29 is 4.79 Å². The van der Waals surface area contributed by atoms with E-state index in [9.17, 15) is 4.79 Å². The Morgan fingerprint density at radius 3 is 2.61 bits per heavy atom. The zero-order valence-electron chi connectivity index (χ0n) is 15.5. The maximum absolute atomic E-state index is 12.2. The molecule has 4 aliphatic carbocycles. The lowest BCUT2D eigenvalue weighted by atomic mass is 9.47. The molecule has 0 spiro atoms. The van der Waals surface area contributed by atoms with Crippen molar-refractivity contribution in [3.63, 3.8) is 0 Å².